The quantitative estimate of drug-likeness (QED) is 0.581. The maximum atomic E-state index is 11.4. The smallest absolute Gasteiger partial charge is 0.253 e. The molecule has 0 saturated carbocycles. The Kier molecular flexibility index (Phi) is 2.08. The van der Waals surface area contributed by atoms with Crippen LogP contribution in [0.3, 0.4) is 0 Å². The number of halogens is 1. The largest absolute Gasteiger partial charge is 0.276 e. The van der Waals surface area contributed by atoms with Crippen molar-refractivity contribution < 1.29 is 4.79 Å². The van der Waals surface area contributed by atoms with E-state index in [2.05, 4.69) is 6.42 Å². The Labute approximate surface area is 98.7 Å². The van der Waals surface area contributed by atoms with Crippen LogP contribution in [-0.2, 0) is 0 Å². The Morgan fingerprint density at radius 1 is 1.00 bits per heavy atom. The monoisotopic (exact) mass is 226 g/mol. The van der Waals surface area contributed by atoms with E-state index in [9.17, 15) is 4.79 Å². The van der Waals surface area contributed by atoms with E-state index in [1.54, 1.807) is 6.07 Å². The standard InChI is InChI=1S/C14H7ClO/c15-14(16)12-7-3-5-10-8-9-4-1-2-6-11(9)13(10)12/h1-7H. The van der Waals surface area contributed by atoms with E-state index in [1.807, 2.05) is 36.4 Å². The summed E-state index contributed by atoms with van der Waals surface area (Å²) in [6, 6.07) is 13.4. The molecule has 2 aromatic rings. The van der Waals surface area contributed by atoms with Crippen molar-refractivity contribution in [3.05, 3.63) is 65.6 Å². The minimum absolute atomic E-state index is 0.421. The first-order chi connectivity index (χ1) is 7.77. The molecule has 0 unspecified atom stereocenters. The zero-order valence-corrected chi connectivity index (χ0v) is 9.08. The predicted octanol–water partition coefficient (Wildman–Crippen LogP) is 3.52. The Balaban J connectivity index is 2.33. The lowest BCUT2D eigenvalue weighted by molar-refractivity contribution is 0.108. The fourth-order valence-electron chi connectivity index (χ4n) is 2.07. The molecule has 2 radical (unpaired) electrons. The van der Waals surface area contributed by atoms with Crippen LogP contribution in [0.15, 0.2) is 42.5 Å². The maximum absolute atomic E-state index is 11.4. The van der Waals surface area contributed by atoms with Gasteiger partial charge in [0.1, 0.15) is 0 Å². The third-order valence-corrected chi connectivity index (χ3v) is 2.95. The molecule has 16 heavy (non-hydrogen) atoms. The van der Waals surface area contributed by atoms with Gasteiger partial charge in [-0.1, -0.05) is 36.4 Å². The highest BCUT2D eigenvalue weighted by Crippen LogP contribution is 2.40. The lowest BCUT2D eigenvalue weighted by Crippen LogP contribution is -1.93. The minimum atomic E-state index is -0.421. The van der Waals surface area contributed by atoms with Crippen molar-refractivity contribution in [1.82, 2.24) is 0 Å². The van der Waals surface area contributed by atoms with Gasteiger partial charge in [0.05, 0.1) is 6.42 Å². The molecule has 2 heteroatoms. The molecule has 0 aromatic heterocycles. The van der Waals surface area contributed by atoms with E-state index in [-0.39, 0.29) is 0 Å². The van der Waals surface area contributed by atoms with Gasteiger partial charge in [-0.05, 0) is 39.9 Å². The molecule has 1 aliphatic rings. The first-order valence-electron chi connectivity index (χ1n) is 4.96. The lowest BCUT2D eigenvalue weighted by Gasteiger charge is -2.04. The molecule has 0 bridgehead atoms. The normalized spacial score (nSPS) is 12.1. The third-order valence-electron chi connectivity index (χ3n) is 2.74. The molecule has 2 aromatic carbocycles. The van der Waals surface area contributed by atoms with E-state index < -0.39 is 5.24 Å². The fourth-order valence-corrected chi connectivity index (χ4v) is 2.22. The SMILES string of the molecule is O=C(Cl)c1cccc2c1-c1ccccc1[C]2. The third kappa shape index (κ3) is 1.29. The van der Waals surface area contributed by atoms with Crippen LogP contribution in [-0.4, -0.2) is 5.24 Å². The highest BCUT2D eigenvalue weighted by Gasteiger charge is 2.23. The lowest BCUT2D eigenvalue weighted by atomic mass is 10.0. The highest BCUT2D eigenvalue weighted by molar-refractivity contribution is 6.68. The summed E-state index contributed by atoms with van der Waals surface area (Å²) >= 11 is 5.59. The molecule has 1 aliphatic carbocycles. The van der Waals surface area contributed by atoms with Crippen LogP contribution in [0.5, 0.6) is 0 Å². The van der Waals surface area contributed by atoms with Gasteiger partial charge < -0.3 is 0 Å². The molecule has 0 saturated heterocycles. The molecule has 1 nitrogen and oxygen atoms in total. The molecular formula is C14H7ClO. The molecule has 0 spiro atoms. The number of rotatable bonds is 1. The molecular weight excluding hydrogens is 220 g/mol. The first-order valence-corrected chi connectivity index (χ1v) is 5.34. The zero-order valence-electron chi connectivity index (χ0n) is 8.33. The van der Waals surface area contributed by atoms with Crippen LogP contribution in [0, 0.1) is 6.42 Å². The van der Waals surface area contributed by atoms with Gasteiger partial charge in [0, 0.05) is 5.56 Å². The average Bonchev–Trinajstić information content (AvgIpc) is 2.66. The topological polar surface area (TPSA) is 17.1 Å². The number of carbonyl (C=O) groups excluding carboxylic acids is 1. The van der Waals surface area contributed by atoms with Gasteiger partial charge in [0.25, 0.3) is 5.24 Å². The zero-order chi connectivity index (χ0) is 11.1. The molecule has 76 valence electrons. The van der Waals surface area contributed by atoms with Crippen LogP contribution < -0.4 is 0 Å². The summed E-state index contributed by atoms with van der Waals surface area (Å²) in [7, 11) is 0. The number of fused-ring (bicyclic) bond motifs is 3. The predicted molar refractivity (Wildman–Crippen MR) is 63.5 cm³/mol. The fraction of sp³-hybridized carbons (Fsp3) is 0. The second-order valence-corrected chi connectivity index (χ2v) is 4.02. The van der Waals surface area contributed by atoms with Gasteiger partial charge in [-0.15, -0.1) is 0 Å². The number of benzene rings is 2. The van der Waals surface area contributed by atoms with Crippen molar-refractivity contribution >= 4 is 16.8 Å². The Bertz CT molecular complexity index is 587. The molecule has 0 heterocycles. The summed E-state index contributed by atoms with van der Waals surface area (Å²) in [6.45, 7) is 0. The molecule has 0 atom stereocenters. The molecule has 0 fully saturated rings. The summed E-state index contributed by atoms with van der Waals surface area (Å²) in [6.07, 6.45) is 3.26. The Morgan fingerprint density at radius 2 is 1.75 bits per heavy atom. The van der Waals surface area contributed by atoms with Gasteiger partial charge in [-0.25, -0.2) is 0 Å². The van der Waals surface area contributed by atoms with Crippen LogP contribution in [0.2, 0.25) is 0 Å². The van der Waals surface area contributed by atoms with E-state index >= 15 is 0 Å². The van der Waals surface area contributed by atoms with Crippen molar-refractivity contribution in [2.75, 3.05) is 0 Å². The second-order valence-electron chi connectivity index (χ2n) is 3.67. The van der Waals surface area contributed by atoms with E-state index in [4.69, 9.17) is 11.6 Å². The van der Waals surface area contributed by atoms with Crippen molar-refractivity contribution in [3.63, 3.8) is 0 Å². The van der Waals surface area contributed by atoms with E-state index in [0.717, 1.165) is 22.3 Å². The maximum Gasteiger partial charge on any atom is 0.253 e. The van der Waals surface area contributed by atoms with Crippen molar-refractivity contribution in [2.24, 2.45) is 0 Å². The van der Waals surface area contributed by atoms with Crippen molar-refractivity contribution in [1.29, 1.82) is 0 Å². The number of hydrogen-bond acceptors (Lipinski definition) is 1. The molecule has 0 amide bonds. The van der Waals surface area contributed by atoms with Crippen molar-refractivity contribution in [2.45, 2.75) is 0 Å². The number of hydrogen-bond donors (Lipinski definition) is 0. The summed E-state index contributed by atoms with van der Waals surface area (Å²) in [5.74, 6) is 0. The van der Waals surface area contributed by atoms with Gasteiger partial charge in [0.2, 0.25) is 0 Å². The van der Waals surface area contributed by atoms with Crippen LogP contribution in [0.25, 0.3) is 11.1 Å². The van der Waals surface area contributed by atoms with Crippen molar-refractivity contribution in [3.8, 4) is 11.1 Å². The average molecular weight is 227 g/mol. The van der Waals surface area contributed by atoms with Gasteiger partial charge in [-0.2, -0.15) is 0 Å². The van der Waals surface area contributed by atoms with Gasteiger partial charge in [-0.3, -0.25) is 4.79 Å². The second kappa shape index (κ2) is 3.46. The highest BCUT2D eigenvalue weighted by atomic mass is 35.5. The summed E-state index contributed by atoms with van der Waals surface area (Å²) in [5, 5.41) is -0.421. The summed E-state index contributed by atoms with van der Waals surface area (Å²) in [5.41, 5.74) is 4.44. The van der Waals surface area contributed by atoms with E-state index in [1.165, 1.54) is 0 Å². The van der Waals surface area contributed by atoms with E-state index in [0.29, 0.717) is 5.56 Å². The van der Waals surface area contributed by atoms with Crippen LogP contribution in [0.4, 0.5) is 0 Å². The molecule has 0 aliphatic heterocycles. The Hall–Kier alpha value is -1.60. The number of carbonyl (C=O) groups is 1. The summed E-state index contributed by atoms with van der Waals surface area (Å²) in [4.78, 5) is 11.4. The van der Waals surface area contributed by atoms with Crippen LogP contribution >= 0.6 is 11.6 Å². The van der Waals surface area contributed by atoms with Crippen LogP contribution in [0.1, 0.15) is 21.5 Å². The minimum Gasteiger partial charge on any atom is -0.276 e. The van der Waals surface area contributed by atoms with Gasteiger partial charge in [0.15, 0.2) is 0 Å². The first kappa shape index (κ1) is 9.61. The van der Waals surface area contributed by atoms with Gasteiger partial charge >= 0.3 is 0 Å². The Morgan fingerprint density at radius 3 is 2.56 bits per heavy atom. The molecule has 3 rings (SSSR count). The molecule has 0 N–H and O–H groups in total. The summed E-state index contributed by atoms with van der Waals surface area (Å²) < 4.78 is 0.